The molecule has 2 heterocycles. The van der Waals surface area contributed by atoms with Crippen molar-refractivity contribution in [3.05, 3.63) is 29.8 Å². The molecule has 0 saturated carbocycles. The molecule has 1 aromatic heterocycles. The maximum absolute atomic E-state index is 4.57. The third-order valence-electron chi connectivity index (χ3n) is 3.20. The summed E-state index contributed by atoms with van der Waals surface area (Å²) >= 11 is 0. The first-order valence-electron chi connectivity index (χ1n) is 6.01. The van der Waals surface area contributed by atoms with E-state index in [2.05, 4.69) is 53.5 Å². The Balaban J connectivity index is 2.02. The number of benzene rings is 1. The van der Waals surface area contributed by atoms with Gasteiger partial charge in [-0.3, -0.25) is 0 Å². The fraction of sp³-hybridized carbons (Fsp3) is 0.385. The lowest BCUT2D eigenvalue weighted by Gasteiger charge is -2.20. The van der Waals surface area contributed by atoms with E-state index in [1.165, 1.54) is 5.56 Å². The summed E-state index contributed by atoms with van der Waals surface area (Å²) in [5, 5.41) is 7.86. The van der Waals surface area contributed by atoms with Crippen molar-refractivity contribution in [3.63, 3.8) is 0 Å². The lowest BCUT2D eigenvalue weighted by Crippen LogP contribution is -2.21. The minimum Gasteiger partial charge on any atom is -0.354 e. The van der Waals surface area contributed by atoms with Gasteiger partial charge in [-0.1, -0.05) is 29.8 Å². The van der Waals surface area contributed by atoms with Gasteiger partial charge in [0.15, 0.2) is 5.82 Å². The predicted octanol–water partition coefficient (Wildman–Crippen LogP) is 2.63. The van der Waals surface area contributed by atoms with Gasteiger partial charge in [0, 0.05) is 12.1 Å². The highest BCUT2D eigenvalue weighted by Crippen LogP contribution is 2.25. The number of hydrogen-bond acceptors (Lipinski definition) is 3. The molecule has 2 aromatic rings. The summed E-state index contributed by atoms with van der Waals surface area (Å²) in [6.45, 7) is 5.24. The van der Waals surface area contributed by atoms with E-state index < -0.39 is 0 Å². The zero-order chi connectivity index (χ0) is 11.8. The maximum Gasteiger partial charge on any atom is 0.221 e. The van der Waals surface area contributed by atoms with Crippen LogP contribution in [-0.4, -0.2) is 21.3 Å². The summed E-state index contributed by atoms with van der Waals surface area (Å²) in [6, 6.07) is 8.75. The summed E-state index contributed by atoms with van der Waals surface area (Å²) in [5.41, 5.74) is 2.33. The van der Waals surface area contributed by atoms with Crippen molar-refractivity contribution in [1.29, 1.82) is 0 Å². The summed E-state index contributed by atoms with van der Waals surface area (Å²) in [7, 11) is 0. The van der Waals surface area contributed by atoms with Crippen LogP contribution in [-0.2, 0) is 0 Å². The van der Waals surface area contributed by atoms with Crippen molar-refractivity contribution in [2.45, 2.75) is 26.3 Å². The molecule has 4 heteroatoms. The van der Waals surface area contributed by atoms with Crippen LogP contribution in [0.5, 0.6) is 0 Å². The van der Waals surface area contributed by atoms with E-state index in [0.29, 0.717) is 6.04 Å². The van der Waals surface area contributed by atoms with Gasteiger partial charge in [0.05, 0.1) is 6.04 Å². The van der Waals surface area contributed by atoms with Gasteiger partial charge in [-0.15, -0.1) is 5.10 Å². The molecule has 0 bridgehead atoms. The first-order valence-corrected chi connectivity index (χ1v) is 6.01. The number of rotatable bonds is 1. The van der Waals surface area contributed by atoms with Crippen molar-refractivity contribution in [1.82, 2.24) is 14.8 Å². The third-order valence-corrected chi connectivity index (χ3v) is 3.20. The zero-order valence-corrected chi connectivity index (χ0v) is 10.1. The molecule has 1 N–H and O–H groups in total. The van der Waals surface area contributed by atoms with E-state index in [-0.39, 0.29) is 0 Å². The molecule has 4 nitrogen and oxygen atoms in total. The monoisotopic (exact) mass is 228 g/mol. The van der Waals surface area contributed by atoms with Gasteiger partial charge >= 0.3 is 0 Å². The fourth-order valence-electron chi connectivity index (χ4n) is 2.09. The van der Waals surface area contributed by atoms with Gasteiger partial charge in [0.1, 0.15) is 0 Å². The molecular formula is C13H16N4. The molecule has 1 aliphatic heterocycles. The van der Waals surface area contributed by atoms with Gasteiger partial charge in [0.25, 0.3) is 0 Å². The smallest absolute Gasteiger partial charge is 0.221 e. The molecule has 88 valence electrons. The quantitative estimate of drug-likeness (QED) is 0.816. The molecule has 1 atom stereocenters. The molecular weight excluding hydrogens is 212 g/mol. The highest BCUT2D eigenvalue weighted by Gasteiger charge is 2.19. The van der Waals surface area contributed by atoms with Crippen LogP contribution in [0.4, 0.5) is 5.95 Å². The zero-order valence-electron chi connectivity index (χ0n) is 10.1. The molecule has 3 rings (SSSR count). The Morgan fingerprint density at radius 1 is 1.29 bits per heavy atom. The summed E-state index contributed by atoms with van der Waals surface area (Å²) in [4.78, 5) is 4.54. The van der Waals surface area contributed by atoms with Crippen LogP contribution in [0, 0.1) is 6.92 Å². The van der Waals surface area contributed by atoms with E-state index in [1.807, 2.05) is 4.68 Å². The molecule has 0 spiro atoms. The second-order valence-electron chi connectivity index (χ2n) is 4.63. The SMILES string of the molecule is Cc1ccc(-c2nc3n(n2)C(C)CCN3)cc1. The second-order valence-corrected chi connectivity index (χ2v) is 4.63. The predicted molar refractivity (Wildman–Crippen MR) is 68.0 cm³/mol. The summed E-state index contributed by atoms with van der Waals surface area (Å²) in [6.07, 6.45) is 1.10. The molecule has 0 saturated heterocycles. The fourth-order valence-corrected chi connectivity index (χ4v) is 2.09. The second kappa shape index (κ2) is 3.87. The molecule has 0 radical (unpaired) electrons. The average Bonchev–Trinajstić information content (AvgIpc) is 2.75. The van der Waals surface area contributed by atoms with Crippen molar-refractivity contribution in [2.75, 3.05) is 11.9 Å². The Kier molecular flexibility index (Phi) is 2.35. The van der Waals surface area contributed by atoms with Gasteiger partial charge in [-0.05, 0) is 20.3 Å². The van der Waals surface area contributed by atoms with Crippen molar-refractivity contribution in [2.24, 2.45) is 0 Å². The number of nitrogens with zero attached hydrogens (tertiary/aromatic N) is 3. The number of aromatic nitrogens is 3. The van der Waals surface area contributed by atoms with Crippen molar-refractivity contribution < 1.29 is 0 Å². The number of nitrogens with one attached hydrogen (secondary N) is 1. The highest BCUT2D eigenvalue weighted by atomic mass is 15.4. The molecule has 17 heavy (non-hydrogen) atoms. The number of anilines is 1. The Morgan fingerprint density at radius 2 is 2.06 bits per heavy atom. The minimum absolute atomic E-state index is 0.429. The van der Waals surface area contributed by atoms with E-state index in [4.69, 9.17) is 0 Å². The number of aryl methyl sites for hydroxylation is 1. The van der Waals surface area contributed by atoms with E-state index in [9.17, 15) is 0 Å². The lowest BCUT2D eigenvalue weighted by molar-refractivity contribution is 0.452. The maximum atomic E-state index is 4.57. The van der Waals surface area contributed by atoms with Crippen LogP contribution in [0.25, 0.3) is 11.4 Å². The van der Waals surface area contributed by atoms with E-state index >= 15 is 0 Å². The van der Waals surface area contributed by atoms with Gasteiger partial charge in [-0.25, -0.2) is 4.68 Å². The number of hydrogen-bond donors (Lipinski definition) is 1. The number of fused-ring (bicyclic) bond motifs is 1. The van der Waals surface area contributed by atoms with Crippen molar-refractivity contribution >= 4 is 5.95 Å². The first-order chi connectivity index (χ1) is 8.24. The average molecular weight is 228 g/mol. The van der Waals surface area contributed by atoms with Crippen LogP contribution in [0.15, 0.2) is 24.3 Å². The van der Waals surface area contributed by atoms with Crippen molar-refractivity contribution in [3.8, 4) is 11.4 Å². The molecule has 1 aromatic carbocycles. The van der Waals surface area contributed by atoms with Crippen LogP contribution in [0.2, 0.25) is 0 Å². The molecule has 0 aliphatic carbocycles. The summed E-state index contributed by atoms with van der Waals surface area (Å²) < 4.78 is 1.98. The Hall–Kier alpha value is -1.84. The topological polar surface area (TPSA) is 42.7 Å². The third kappa shape index (κ3) is 1.79. The Labute approximate surface area is 101 Å². The lowest BCUT2D eigenvalue weighted by atomic mass is 10.1. The summed E-state index contributed by atoms with van der Waals surface area (Å²) in [5.74, 6) is 1.69. The Morgan fingerprint density at radius 3 is 2.76 bits per heavy atom. The van der Waals surface area contributed by atoms with E-state index in [0.717, 1.165) is 30.3 Å². The molecule has 0 fully saturated rings. The largest absolute Gasteiger partial charge is 0.354 e. The van der Waals surface area contributed by atoms with E-state index in [1.54, 1.807) is 0 Å². The molecule has 1 unspecified atom stereocenters. The molecule has 1 aliphatic rings. The molecule has 0 amide bonds. The first kappa shape index (κ1) is 10.3. The van der Waals surface area contributed by atoms with Crippen LogP contribution < -0.4 is 5.32 Å². The van der Waals surface area contributed by atoms with Gasteiger partial charge < -0.3 is 5.32 Å². The van der Waals surface area contributed by atoms with Crippen LogP contribution in [0.1, 0.15) is 24.9 Å². The normalized spacial score (nSPS) is 18.6. The van der Waals surface area contributed by atoms with Crippen LogP contribution >= 0.6 is 0 Å². The Bertz CT molecular complexity index is 527. The standard InChI is InChI=1S/C13H16N4/c1-9-3-5-11(6-4-9)12-15-13-14-8-7-10(2)17(13)16-12/h3-6,10H,7-8H2,1-2H3,(H,14,15,16). The highest BCUT2D eigenvalue weighted by molar-refractivity contribution is 5.57. The minimum atomic E-state index is 0.429. The van der Waals surface area contributed by atoms with Gasteiger partial charge in [0.2, 0.25) is 5.95 Å². The van der Waals surface area contributed by atoms with Gasteiger partial charge in [-0.2, -0.15) is 4.98 Å². The van der Waals surface area contributed by atoms with Crippen LogP contribution in [0.3, 0.4) is 0 Å².